The van der Waals surface area contributed by atoms with Crippen LogP contribution in [0, 0.1) is 17.8 Å². The van der Waals surface area contributed by atoms with Crippen LogP contribution in [0.2, 0.25) is 0 Å². The van der Waals surface area contributed by atoms with Gasteiger partial charge < -0.3 is 0 Å². The average molecular weight is 309 g/mol. The summed E-state index contributed by atoms with van der Waals surface area (Å²) in [6.45, 7) is 4.00. The molecular formula is C10H16INO2. The van der Waals surface area contributed by atoms with Crippen LogP contribution in [0.4, 0.5) is 0 Å². The van der Waals surface area contributed by atoms with Crippen LogP contribution in [0.25, 0.3) is 0 Å². The molecule has 80 valence electrons. The van der Waals surface area contributed by atoms with Gasteiger partial charge in [0.1, 0.15) is 0 Å². The van der Waals surface area contributed by atoms with E-state index in [0.29, 0.717) is 0 Å². The van der Waals surface area contributed by atoms with Gasteiger partial charge in [-0.05, 0) is 23.2 Å². The Morgan fingerprint density at radius 1 is 1.36 bits per heavy atom. The van der Waals surface area contributed by atoms with E-state index in [-0.39, 0.29) is 29.6 Å². The number of hydrogen-bond acceptors (Lipinski definition) is 2. The van der Waals surface area contributed by atoms with Gasteiger partial charge in [0, 0.05) is 0 Å². The fourth-order valence-corrected chi connectivity index (χ4v) is 2.46. The summed E-state index contributed by atoms with van der Waals surface area (Å²) in [6, 6.07) is 0. The Balaban J connectivity index is 2.68. The molecule has 2 atom stereocenters. The second kappa shape index (κ2) is 5.09. The Hall–Kier alpha value is -0.130. The van der Waals surface area contributed by atoms with E-state index in [0.717, 1.165) is 17.3 Å². The van der Waals surface area contributed by atoms with Crippen LogP contribution in [0.5, 0.6) is 0 Å². The lowest BCUT2D eigenvalue weighted by atomic mass is 9.83. The van der Waals surface area contributed by atoms with E-state index in [1.54, 1.807) is 0 Å². The molecule has 0 saturated carbocycles. The van der Waals surface area contributed by atoms with Crippen LogP contribution < -0.4 is 5.32 Å². The number of imide groups is 1. The average Bonchev–Trinajstić information content (AvgIpc) is 2.37. The molecule has 0 unspecified atom stereocenters. The van der Waals surface area contributed by atoms with E-state index in [1.807, 2.05) is 13.8 Å². The van der Waals surface area contributed by atoms with E-state index in [4.69, 9.17) is 0 Å². The fourth-order valence-electron chi connectivity index (χ4n) is 2.02. The molecule has 0 aromatic heterocycles. The zero-order valence-corrected chi connectivity index (χ0v) is 10.7. The van der Waals surface area contributed by atoms with Crippen LogP contribution in [-0.4, -0.2) is 16.2 Å². The molecule has 0 spiro atoms. The van der Waals surface area contributed by atoms with Crippen LogP contribution in [0.15, 0.2) is 0 Å². The molecule has 0 bridgehead atoms. The number of hydrogen-bond donors (Lipinski definition) is 1. The first-order valence-corrected chi connectivity index (χ1v) is 6.51. The van der Waals surface area contributed by atoms with E-state index in [2.05, 4.69) is 27.9 Å². The van der Waals surface area contributed by atoms with Gasteiger partial charge in [0.05, 0.1) is 11.8 Å². The highest BCUT2D eigenvalue weighted by atomic mass is 127. The summed E-state index contributed by atoms with van der Waals surface area (Å²) < 4.78 is 1.04. The molecule has 0 aromatic carbocycles. The number of amides is 2. The van der Waals surface area contributed by atoms with Gasteiger partial charge in [-0.3, -0.25) is 14.9 Å². The quantitative estimate of drug-likeness (QED) is 0.488. The lowest BCUT2D eigenvalue weighted by Crippen LogP contribution is -2.24. The number of rotatable bonds is 4. The minimum Gasteiger partial charge on any atom is -0.296 e. The third kappa shape index (κ3) is 2.46. The number of nitrogens with one attached hydrogen (secondary N) is 1. The summed E-state index contributed by atoms with van der Waals surface area (Å²) in [6.07, 6.45) is 1.85. The minimum atomic E-state index is -0.106. The molecule has 1 rings (SSSR count). The smallest absolute Gasteiger partial charge is 0.230 e. The van der Waals surface area contributed by atoms with Crippen molar-refractivity contribution in [2.45, 2.75) is 26.7 Å². The van der Waals surface area contributed by atoms with Crippen molar-refractivity contribution in [3.8, 4) is 0 Å². The zero-order chi connectivity index (χ0) is 10.7. The molecule has 1 N–H and O–H groups in total. The van der Waals surface area contributed by atoms with Crippen molar-refractivity contribution in [3.63, 3.8) is 0 Å². The molecule has 0 aromatic rings. The van der Waals surface area contributed by atoms with E-state index < -0.39 is 0 Å². The van der Waals surface area contributed by atoms with E-state index in [9.17, 15) is 9.59 Å². The van der Waals surface area contributed by atoms with Gasteiger partial charge >= 0.3 is 0 Å². The summed E-state index contributed by atoms with van der Waals surface area (Å²) in [4.78, 5) is 22.9. The Morgan fingerprint density at radius 2 is 2.00 bits per heavy atom. The van der Waals surface area contributed by atoms with Crippen LogP contribution in [0.3, 0.4) is 0 Å². The maximum absolute atomic E-state index is 11.5. The lowest BCUT2D eigenvalue weighted by molar-refractivity contribution is -0.126. The van der Waals surface area contributed by atoms with Gasteiger partial charge in [-0.25, -0.2) is 0 Å². The first-order valence-electron chi connectivity index (χ1n) is 4.98. The maximum Gasteiger partial charge on any atom is 0.230 e. The molecule has 4 heteroatoms. The molecular weight excluding hydrogens is 293 g/mol. The molecule has 0 radical (unpaired) electrons. The second-order valence-electron chi connectivity index (χ2n) is 4.06. The van der Waals surface area contributed by atoms with Gasteiger partial charge in [0.2, 0.25) is 11.8 Å². The SMILES string of the molecule is CC(C)[C@@H]1C(=O)NC(=O)[C@H]1CCCI. The highest BCUT2D eigenvalue weighted by Gasteiger charge is 2.42. The number of halogens is 1. The Morgan fingerprint density at radius 3 is 2.50 bits per heavy atom. The second-order valence-corrected chi connectivity index (χ2v) is 5.14. The fraction of sp³-hybridized carbons (Fsp3) is 0.800. The van der Waals surface area contributed by atoms with Crippen molar-refractivity contribution in [1.29, 1.82) is 0 Å². The highest BCUT2D eigenvalue weighted by Crippen LogP contribution is 2.30. The van der Waals surface area contributed by atoms with Gasteiger partial charge in [-0.15, -0.1) is 0 Å². The lowest BCUT2D eigenvalue weighted by Gasteiger charge is -2.17. The number of carbonyl (C=O) groups excluding carboxylic acids is 2. The predicted molar refractivity (Wildman–Crippen MR) is 63.1 cm³/mol. The number of carbonyl (C=O) groups is 2. The van der Waals surface area contributed by atoms with Crippen LogP contribution in [-0.2, 0) is 9.59 Å². The topological polar surface area (TPSA) is 46.2 Å². The molecule has 1 aliphatic rings. The van der Waals surface area contributed by atoms with Crippen molar-refractivity contribution >= 4 is 34.4 Å². The summed E-state index contributed by atoms with van der Waals surface area (Å²) in [5, 5.41) is 2.43. The number of alkyl halides is 1. The summed E-state index contributed by atoms with van der Waals surface area (Å²) in [7, 11) is 0. The molecule has 1 fully saturated rings. The van der Waals surface area contributed by atoms with Crippen molar-refractivity contribution in [2.24, 2.45) is 17.8 Å². The summed E-state index contributed by atoms with van der Waals surface area (Å²) in [5.41, 5.74) is 0. The highest BCUT2D eigenvalue weighted by molar-refractivity contribution is 14.1. The first kappa shape index (κ1) is 11.9. The van der Waals surface area contributed by atoms with E-state index >= 15 is 0 Å². The van der Waals surface area contributed by atoms with Gasteiger partial charge in [-0.2, -0.15) is 0 Å². The molecule has 1 aliphatic heterocycles. The van der Waals surface area contributed by atoms with Crippen LogP contribution >= 0.6 is 22.6 Å². The monoisotopic (exact) mass is 309 g/mol. The summed E-state index contributed by atoms with van der Waals surface area (Å²) in [5.74, 6) is -0.0922. The van der Waals surface area contributed by atoms with Gasteiger partial charge in [0.25, 0.3) is 0 Å². The van der Waals surface area contributed by atoms with Gasteiger partial charge in [-0.1, -0.05) is 36.4 Å². The predicted octanol–water partition coefficient (Wildman–Crippen LogP) is 1.75. The zero-order valence-electron chi connectivity index (χ0n) is 8.55. The molecule has 1 heterocycles. The largest absolute Gasteiger partial charge is 0.296 e. The molecule has 3 nitrogen and oxygen atoms in total. The van der Waals surface area contributed by atoms with Gasteiger partial charge in [0.15, 0.2) is 0 Å². The molecule has 2 amide bonds. The Bertz CT molecular complexity index is 240. The molecule has 0 aliphatic carbocycles. The molecule has 14 heavy (non-hydrogen) atoms. The standard InChI is InChI=1S/C10H16INO2/c1-6(2)8-7(4-3-5-11)9(13)12-10(8)14/h6-8H,3-5H2,1-2H3,(H,12,13,14)/t7-,8-/m0/s1. The third-order valence-electron chi connectivity index (χ3n) is 2.69. The van der Waals surface area contributed by atoms with Crippen LogP contribution in [0.1, 0.15) is 26.7 Å². The Labute approximate surface area is 98.2 Å². The van der Waals surface area contributed by atoms with Crippen molar-refractivity contribution in [3.05, 3.63) is 0 Å². The maximum atomic E-state index is 11.5. The normalized spacial score (nSPS) is 27.1. The first-order chi connectivity index (χ1) is 6.57. The van der Waals surface area contributed by atoms with Crippen molar-refractivity contribution < 1.29 is 9.59 Å². The van der Waals surface area contributed by atoms with Crippen molar-refractivity contribution in [2.75, 3.05) is 4.43 Å². The Kier molecular flexibility index (Phi) is 4.34. The van der Waals surface area contributed by atoms with Crippen molar-refractivity contribution in [1.82, 2.24) is 5.32 Å². The van der Waals surface area contributed by atoms with E-state index in [1.165, 1.54) is 0 Å². The summed E-state index contributed by atoms with van der Waals surface area (Å²) >= 11 is 2.29. The molecule has 1 saturated heterocycles. The minimum absolute atomic E-state index is 0.0708. The third-order valence-corrected chi connectivity index (χ3v) is 3.45.